The largest absolute Gasteiger partial charge is 0.355 e. The smallest absolute Gasteiger partial charge is 0.232 e. The van der Waals surface area contributed by atoms with Crippen molar-refractivity contribution in [1.82, 2.24) is 10.6 Å². The van der Waals surface area contributed by atoms with E-state index >= 15 is 0 Å². The molecule has 0 aliphatic carbocycles. The highest BCUT2D eigenvalue weighted by Crippen LogP contribution is 2.17. The maximum absolute atomic E-state index is 12.6. The first kappa shape index (κ1) is 26.6. The number of thioether (sulfide) groups is 1. The molecule has 0 aromatic carbocycles. The molecule has 0 fully saturated rings. The number of carbonyl (C=O) groups is 4. The van der Waals surface area contributed by atoms with Crippen molar-refractivity contribution in [3.8, 4) is 0 Å². The van der Waals surface area contributed by atoms with Gasteiger partial charge in [0.05, 0.1) is 11.3 Å². The van der Waals surface area contributed by atoms with Gasteiger partial charge in [0, 0.05) is 31.2 Å². The Morgan fingerprint density at radius 1 is 0.893 bits per heavy atom. The SMILES string of the molecule is CC(C)SC(C)C(=O)NCCC(=O)N[C@H](C(=O)C[C@@H](C)C(=O)C(C)C)C(C)C. The lowest BCUT2D eigenvalue weighted by Crippen LogP contribution is -2.46. The number of hydrogen-bond donors (Lipinski definition) is 2. The van der Waals surface area contributed by atoms with Crippen LogP contribution < -0.4 is 10.6 Å². The third-order valence-corrected chi connectivity index (χ3v) is 5.56. The Hall–Kier alpha value is -1.37. The Morgan fingerprint density at radius 3 is 1.93 bits per heavy atom. The van der Waals surface area contributed by atoms with Gasteiger partial charge < -0.3 is 10.6 Å². The van der Waals surface area contributed by atoms with Gasteiger partial charge in [-0.2, -0.15) is 0 Å². The van der Waals surface area contributed by atoms with Crippen LogP contribution in [0.5, 0.6) is 0 Å². The molecule has 0 heterocycles. The summed E-state index contributed by atoms with van der Waals surface area (Å²) in [5.41, 5.74) is 0. The molecule has 0 bridgehead atoms. The van der Waals surface area contributed by atoms with Crippen LogP contribution in [0, 0.1) is 17.8 Å². The predicted octanol–water partition coefficient (Wildman–Crippen LogP) is 2.98. The molecule has 1 unspecified atom stereocenters. The molecule has 0 aromatic rings. The average molecular weight is 415 g/mol. The number of hydrogen-bond acceptors (Lipinski definition) is 5. The van der Waals surface area contributed by atoms with E-state index in [4.69, 9.17) is 0 Å². The molecule has 28 heavy (non-hydrogen) atoms. The van der Waals surface area contributed by atoms with E-state index in [1.807, 2.05) is 48.5 Å². The molecule has 0 spiro atoms. The highest BCUT2D eigenvalue weighted by Gasteiger charge is 2.28. The summed E-state index contributed by atoms with van der Waals surface area (Å²) in [5.74, 6) is -0.994. The molecule has 7 heteroatoms. The number of Topliss-reactive ketones (excluding diaryl/α,β-unsaturated/α-hetero) is 2. The number of ketones is 2. The van der Waals surface area contributed by atoms with E-state index in [-0.39, 0.29) is 65.8 Å². The van der Waals surface area contributed by atoms with E-state index in [0.717, 1.165) is 0 Å². The van der Waals surface area contributed by atoms with E-state index in [2.05, 4.69) is 10.6 Å². The van der Waals surface area contributed by atoms with Gasteiger partial charge in [-0.05, 0) is 18.1 Å². The minimum atomic E-state index is -0.624. The minimum absolute atomic E-state index is 0.0540. The van der Waals surface area contributed by atoms with Crippen molar-refractivity contribution in [1.29, 1.82) is 0 Å². The van der Waals surface area contributed by atoms with E-state index in [9.17, 15) is 19.2 Å². The van der Waals surface area contributed by atoms with Crippen molar-refractivity contribution in [3.63, 3.8) is 0 Å². The summed E-state index contributed by atoms with van der Waals surface area (Å²) in [7, 11) is 0. The van der Waals surface area contributed by atoms with Crippen LogP contribution >= 0.6 is 11.8 Å². The van der Waals surface area contributed by atoms with Gasteiger partial charge in [-0.3, -0.25) is 19.2 Å². The molecule has 0 radical (unpaired) electrons. The highest BCUT2D eigenvalue weighted by atomic mass is 32.2. The summed E-state index contributed by atoms with van der Waals surface area (Å²) in [6, 6.07) is -0.624. The van der Waals surface area contributed by atoms with Gasteiger partial charge in [-0.15, -0.1) is 11.8 Å². The first-order chi connectivity index (χ1) is 12.9. The lowest BCUT2D eigenvalue weighted by Gasteiger charge is -2.23. The minimum Gasteiger partial charge on any atom is -0.355 e. The molecule has 0 aliphatic heterocycles. The van der Waals surface area contributed by atoms with Gasteiger partial charge in [-0.1, -0.05) is 48.5 Å². The summed E-state index contributed by atoms with van der Waals surface area (Å²) in [4.78, 5) is 48.9. The zero-order valence-corrected chi connectivity index (χ0v) is 19.4. The number of rotatable bonds is 13. The Bertz CT molecular complexity index is 547. The van der Waals surface area contributed by atoms with Crippen LogP contribution in [-0.4, -0.2) is 46.5 Å². The Morgan fingerprint density at radius 2 is 1.46 bits per heavy atom. The highest BCUT2D eigenvalue weighted by molar-refractivity contribution is 8.01. The van der Waals surface area contributed by atoms with E-state index in [0.29, 0.717) is 5.25 Å². The van der Waals surface area contributed by atoms with Gasteiger partial charge >= 0.3 is 0 Å². The van der Waals surface area contributed by atoms with Crippen LogP contribution in [0.2, 0.25) is 0 Å². The lowest BCUT2D eigenvalue weighted by molar-refractivity contribution is -0.132. The molecule has 0 rings (SSSR count). The van der Waals surface area contributed by atoms with Crippen LogP contribution in [0.15, 0.2) is 0 Å². The summed E-state index contributed by atoms with van der Waals surface area (Å²) in [5, 5.41) is 5.71. The third kappa shape index (κ3) is 10.2. The van der Waals surface area contributed by atoms with Gasteiger partial charge in [0.2, 0.25) is 11.8 Å². The fourth-order valence-electron chi connectivity index (χ4n) is 2.88. The summed E-state index contributed by atoms with van der Waals surface area (Å²) in [6.07, 6.45) is 0.239. The lowest BCUT2D eigenvalue weighted by atomic mass is 9.88. The molecule has 0 saturated carbocycles. The van der Waals surface area contributed by atoms with Gasteiger partial charge in [0.15, 0.2) is 5.78 Å². The Balaban J connectivity index is 4.56. The zero-order valence-electron chi connectivity index (χ0n) is 18.6. The van der Waals surface area contributed by atoms with E-state index < -0.39 is 6.04 Å². The molecule has 0 aromatic heterocycles. The fraction of sp³-hybridized carbons (Fsp3) is 0.810. The maximum Gasteiger partial charge on any atom is 0.232 e. The Labute approximate surface area is 174 Å². The van der Waals surface area contributed by atoms with Crippen LogP contribution in [0.1, 0.15) is 68.2 Å². The van der Waals surface area contributed by atoms with E-state index in [1.54, 1.807) is 18.7 Å². The monoisotopic (exact) mass is 414 g/mol. The van der Waals surface area contributed by atoms with Crippen molar-refractivity contribution < 1.29 is 19.2 Å². The third-order valence-electron chi connectivity index (χ3n) is 4.39. The number of nitrogens with one attached hydrogen (secondary N) is 2. The van der Waals surface area contributed by atoms with Crippen molar-refractivity contribution in [2.45, 2.75) is 84.8 Å². The quantitative estimate of drug-likeness (QED) is 0.483. The van der Waals surface area contributed by atoms with Crippen LogP contribution in [0.3, 0.4) is 0 Å². The second kappa shape index (κ2) is 13.0. The van der Waals surface area contributed by atoms with Crippen LogP contribution in [0.4, 0.5) is 0 Å². The molecule has 2 amide bonds. The topological polar surface area (TPSA) is 92.3 Å². The zero-order chi connectivity index (χ0) is 22.0. The molecular weight excluding hydrogens is 376 g/mol. The van der Waals surface area contributed by atoms with Gasteiger partial charge in [0.25, 0.3) is 0 Å². The Kier molecular flexibility index (Phi) is 12.3. The normalized spacial score (nSPS) is 14.7. The molecule has 0 aliphatic rings. The first-order valence-corrected chi connectivity index (χ1v) is 11.1. The van der Waals surface area contributed by atoms with Gasteiger partial charge in [-0.25, -0.2) is 0 Å². The standard InChI is InChI=1S/C21H38N2O4S/c1-12(2)19(17(24)11-15(7)20(26)13(3)4)23-18(25)9-10-22-21(27)16(8)28-14(5)6/h12-16,19H,9-11H2,1-8H3,(H,22,27)(H,23,25)/t15-,16?,19+/m1/s1. The van der Waals surface area contributed by atoms with Crippen molar-refractivity contribution in [3.05, 3.63) is 0 Å². The van der Waals surface area contributed by atoms with Crippen molar-refractivity contribution in [2.75, 3.05) is 6.54 Å². The molecule has 0 saturated heterocycles. The van der Waals surface area contributed by atoms with Crippen LogP contribution in [-0.2, 0) is 19.2 Å². The second-order valence-corrected chi connectivity index (χ2v) is 10.2. The summed E-state index contributed by atoms with van der Waals surface area (Å²) < 4.78 is 0. The molecule has 2 N–H and O–H groups in total. The fourth-order valence-corrected chi connectivity index (χ4v) is 3.90. The predicted molar refractivity (Wildman–Crippen MR) is 115 cm³/mol. The molecule has 6 nitrogen and oxygen atoms in total. The van der Waals surface area contributed by atoms with Gasteiger partial charge in [0.1, 0.15) is 5.78 Å². The number of amides is 2. The second-order valence-electron chi connectivity index (χ2n) is 8.29. The first-order valence-electron chi connectivity index (χ1n) is 10.2. The number of carbonyl (C=O) groups excluding carboxylic acids is 4. The maximum atomic E-state index is 12.6. The van der Waals surface area contributed by atoms with Crippen molar-refractivity contribution >= 4 is 35.1 Å². The average Bonchev–Trinajstić information content (AvgIpc) is 2.57. The molecule has 3 atom stereocenters. The van der Waals surface area contributed by atoms with Crippen molar-refractivity contribution in [2.24, 2.45) is 17.8 Å². The molecular formula is C21H38N2O4S. The van der Waals surface area contributed by atoms with Crippen LogP contribution in [0.25, 0.3) is 0 Å². The summed E-state index contributed by atoms with van der Waals surface area (Å²) in [6.45, 7) is 15.3. The summed E-state index contributed by atoms with van der Waals surface area (Å²) >= 11 is 1.56. The molecule has 162 valence electrons. The van der Waals surface area contributed by atoms with E-state index in [1.165, 1.54) is 0 Å².